The summed E-state index contributed by atoms with van der Waals surface area (Å²) >= 11 is 5.89. The summed E-state index contributed by atoms with van der Waals surface area (Å²) in [5.41, 5.74) is 0.783. The van der Waals surface area contributed by atoms with E-state index in [0.29, 0.717) is 6.54 Å². The van der Waals surface area contributed by atoms with Gasteiger partial charge in [0.25, 0.3) is 0 Å². The van der Waals surface area contributed by atoms with E-state index >= 15 is 0 Å². The monoisotopic (exact) mass is 225 g/mol. The molecule has 0 spiro atoms. The number of alkyl halides is 1. The highest BCUT2D eigenvalue weighted by Crippen LogP contribution is 2.15. The molecule has 1 atom stereocenters. The van der Waals surface area contributed by atoms with Crippen molar-refractivity contribution in [1.29, 1.82) is 0 Å². The first kappa shape index (κ1) is 10.2. The third-order valence-corrected chi connectivity index (χ3v) is 2.41. The first-order valence-electron chi connectivity index (χ1n) is 4.67. The number of nitrogens with zero attached hydrogens (tertiary/aromatic N) is 5. The molecule has 0 fully saturated rings. The Morgan fingerprint density at radius 2 is 2.33 bits per heavy atom. The summed E-state index contributed by atoms with van der Waals surface area (Å²) in [4.78, 5) is 4.21. The minimum absolute atomic E-state index is 0.111. The molecule has 2 rings (SSSR count). The van der Waals surface area contributed by atoms with Crippen molar-refractivity contribution in [2.45, 2.75) is 18.8 Å². The lowest BCUT2D eigenvalue weighted by Crippen LogP contribution is -2.06. The Morgan fingerprint density at radius 1 is 1.53 bits per heavy atom. The Labute approximate surface area is 92.7 Å². The van der Waals surface area contributed by atoms with Gasteiger partial charge in [-0.05, 0) is 6.92 Å². The Morgan fingerprint density at radius 3 is 2.87 bits per heavy atom. The fraction of sp³-hybridized carbons (Fsp3) is 0.444. The molecule has 0 amide bonds. The number of rotatable bonds is 3. The molecule has 0 aromatic carbocycles. The second kappa shape index (κ2) is 4.02. The molecule has 15 heavy (non-hydrogen) atoms. The van der Waals surface area contributed by atoms with Crippen LogP contribution < -0.4 is 0 Å². The zero-order valence-corrected chi connectivity index (χ0v) is 9.39. The molecule has 0 saturated heterocycles. The van der Waals surface area contributed by atoms with Gasteiger partial charge in [-0.25, -0.2) is 9.67 Å². The average Bonchev–Trinajstić information content (AvgIpc) is 2.77. The van der Waals surface area contributed by atoms with E-state index in [-0.39, 0.29) is 5.38 Å². The highest BCUT2D eigenvalue weighted by Gasteiger charge is 2.08. The molecule has 0 aliphatic rings. The Hall–Kier alpha value is -1.36. The number of aromatic nitrogens is 5. The van der Waals surface area contributed by atoms with Gasteiger partial charge in [0.1, 0.15) is 18.1 Å². The fourth-order valence-corrected chi connectivity index (χ4v) is 1.37. The summed E-state index contributed by atoms with van der Waals surface area (Å²) in [6.45, 7) is 2.48. The number of aryl methyl sites for hydroxylation is 1. The standard InChI is InChI=1S/C9H12ClN5/c1-7(10)8-5-15(13-12-8)6-9-11-3-4-14(9)2/h3-5,7H,6H2,1-2H3. The Balaban J connectivity index is 2.15. The molecule has 0 saturated carbocycles. The lowest BCUT2D eigenvalue weighted by molar-refractivity contribution is 0.607. The van der Waals surface area contributed by atoms with Crippen LogP contribution in [0.25, 0.3) is 0 Å². The summed E-state index contributed by atoms with van der Waals surface area (Å²) in [7, 11) is 1.95. The minimum atomic E-state index is -0.111. The van der Waals surface area contributed by atoms with Crippen LogP contribution in [0.4, 0.5) is 0 Å². The molecule has 6 heteroatoms. The van der Waals surface area contributed by atoms with Crippen molar-refractivity contribution >= 4 is 11.6 Å². The van der Waals surface area contributed by atoms with Gasteiger partial charge in [0.05, 0.1) is 11.6 Å². The third kappa shape index (κ3) is 2.18. The van der Waals surface area contributed by atoms with Crippen molar-refractivity contribution in [1.82, 2.24) is 24.5 Å². The number of halogens is 1. The highest BCUT2D eigenvalue weighted by atomic mass is 35.5. The molecule has 1 unspecified atom stereocenters. The van der Waals surface area contributed by atoms with Crippen LogP contribution in [-0.4, -0.2) is 24.5 Å². The van der Waals surface area contributed by atoms with E-state index in [1.54, 1.807) is 10.9 Å². The zero-order valence-electron chi connectivity index (χ0n) is 8.63. The van der Waals surface area contributed by atoms with Crippen LogP contribution in [0.15, 0.2) is 18.6 Å². The first-order chi connectivity index (χ1) is 7.16. The van der Waals surface area contributed by atoms with Crippen LogP contribution in [0.3, 0.4) is 0 Å². The summed E-state index contributed by atoms with van der Waals surface area (Å²) in [5.74, 6) is 0.939. The predicted octanol–water partition coefficient (Wildman–Crippen LogP) is 1.36. The molecular formula is C9H12ClN5. The predicted molar refractivity (Wildman–Crippen MR) is 56.6 cm³/mol. The summed E-state index contributed by atoms with van der Waals surface area (Å²) in [6, 6.07) is 0. The van der Waals surface area contributed by atoms with Crippen LogP contribution in [0, 0.1) is 0 Å². The van der Waals surface area contributed by atoms with Crippen LogP contribution in [-0.2, 0) is 13.6 Å². The molecule has 0 bridgehead atoms. The molecule has 2 heterocycles. The van der Waals surface area contributed by atoms with Gasteiger partial charge in [0, 0.05) is 19.4 Å². The molecule has 0 radical (unpaired) electrons. The number of hydrogen-bond donors (Lipinski definition) is 0. The summed E-state index contributed by atoms with van der Waals surface area (Å²) in [5, 5.41) is 7.84. The van der Waals surface area contributed by atoms with E-state index in [2.05, 4.69) is 15.3 Å². The Kier molecular flexibility index (Phi) is 2.73. The van der Waals surface area contributed by atoms with Crippen molar-refractivity contribution in [3.05, 3.63) is 30.1 Å². The fourth-order valence-electron chi connectivity index (χ4n) is 1.27. The molecule has 5 nitrogen and oxygen atoms in total. The molecule has 2 aromatic heterocycles. The van der Waals surface area contributed by atoms with Crippen LogP contribution in [0.5, 0.6) is 0 Å². The molecule has 2 aromatic rings. The lowest BCUT2D eigenvalue weighted by atomic mass is 10.4. The summed E-state index contributed by atoms with van der Waals surface area (Å²) < 4.78 is 3.68. The van der Waals surface area contributed by atoms with E-state index in [1.165, 1.54) is 0 Å². The minimum Gasteiger partial charge on any atom is -0.336 e. The number of hydrogen-bond acceptors (Lipinski definition) is 3. The van der Waals surface area contributed by atoms with Crippen molar-refractivity contribution in [2.75, 3.05) is 0 Å². The average molecular weight is 226 g/mol. The van der Waals surface area contributed by atoms with Crippen molar-refractivity contribution in [2.24, 2.45) is 7.05 Å². The van der Waals surface area contributed by atoms with Gasteiger partial charge < -0.3 is 4.57 Å². The van der Waals surface area contributed by atoms with Gasteiger partial charge in [0.2, 0.25) is 0 Å². The normalized spacial score (nSPS) is 13.0. The van der Waals surface area contributed by atoms with Crippen molar-refractivity contribution in [3.63, 3.8) is 0 Å². The van der Waals surface area contributed by atoms with Crippen molar-refractivity contribution in [3.8, 4) is 0 Å². The molecule has 0 aliphatic carbocycles. The second-order valence-electron chi connectivity index (χ2n) is 3.41. The topological polar surface area (TPSA) is 48.5 Å². The van der Waals surface area contributed by atoms with E-state index in [1.807, 2.05) is 30.9 Å². The van der Waals surface area contributed by atoms with E-state index in [0.717, 1.165) is 11.5 Å². The largest absolute Gasteiger partial charge is 0.336 e. The third-order valence-electron chi connectivity index (χ3n) is 2.19. The smallest absolute Gasteiger partial charge is 0.130 e. The maximum atomic E-state index is 5.89. The van der Waals surface area contributed by atoms with Gasteiger partial charge >= 0.3 is 0 Å². The molecule has 0 N–H and O–H groups in total. The molecule has 80 valence electrons. The molecular weight excluding hydrogens is 214 g/mol. The van der Waals surface area contributed by atoms with Gasteiger partial charge in [-0.1, -0.05) is 5.21 Å². The first-order valence-corrected chi connectivity index (χ1v) is 5.11. The van der Waals surface area contributed by atoms with Gasteiger partial charge in [0.15, 0.2) is 0 Å². The quantitative estimate of drug-likeness (QED) is 0.742. The van der Waals surface area contributed by atoms with Crippen LogP contribution in [0.2, 0.25) is 0 Å². The number of imidazole rings is 1. The highest BCUT2D eigenvalue weighted by molar-refractivity contribution is 6.20. The maximum Gasteiger partial charge on any atom is 0.130 e. The second-order valence-corrected chi connectivity index (χ2v) is 4.07. The molecule has 0 aliphatic heterocycles. The van der Waals surface area contributed by atoms with E-state index in [9.17, 15) is 0 Å². The lowest BCUT2D eigenvalue weighted by Gasteiger charge is -2.00. The van der Waals surface area contributed by atoms with E-state index in [4.69, 9.17) is 11.6 Å². The Bertz CT molecular complexity index is 445. The van der Waals surface area contributed by atoms with Gasteiger partial charge in [-0.2, -0.15) is 0 Å². The SMILES string of the molecule is CC(Cl)c1cn(Cc2nccn2C)nn1. The van der Waals surface area contributed by atoms with Crippen LogP contribution >= 0.6 is 11.6 Å². The van der Waals surface area contributed by atoms with Gasteiger partial charge in [-0.15, -0.1) is 16.7 Å². The van der Waals surface area contributed by atoms with E-state index < -0.39 is 0 Å². The van der Waals surface area contributed by atoms with Gasteiger partial charge in [-0.3, -0.25) is 0 Å². The summed E-state index contributed by atoms with van der Waals surface area (Å²) in [6.07, 6.45) is 5.50. The van der Waals surface area contributed by atoms with Crippen LogP contribution in [0.1, 0.15) is 23.8 Å². The van der Waals surface area contributed by atoms with Crippen molar-refractivity contribution < 1.29 is 0 Å². The zero-order chi connectivity index (χ0) is 10.8. The maximum absolute atomic E-state index is 5.89.